The van der Waals surface area contributed by atoms with Crippen molar-refractivity contribution in [2.24, 2.45) is 5.92 Å². The highest BCUT2D eigenvalue weighted by Gasteiger charge is 2.38. The number of rotatable bonds is 9. The van der Waals surface area contributed by atoms with E-state index < -0.39 is 64.3 Å². The minimum absolute atomic E-state index is 0.154. The summed E-state index contributed by atoms with van der Waals surface area (Å²) in [5, 5.41) is 9.87. The number of aromatic nitrogens is 1. The van der Waals surface area contributed by atoms with Crippen LogP contribution in [0.15, 0.2) is 36.5 Å². The maximum Gasteiger partial charge on any atom is 0.433 e. The summed E-state index contributed by atoms with van der Waals surface area (Å²) in [6.07, 6.45) is -2.46. The lowest BCUT2D eigenvalue weighted by Crippen LogP contribution is -2.49. The van der Waals surface area contributed by atoms with Crippen LogP contribution in [0, 0.1) is 11.7 Å². The van der Waals surface area contributed by atoms with Crippen LogP contribution in [-0.2, 0) is 20.6 Å². The van der Waals surface area contributed by atoms with E-state index in [0.29, 0.717) is 25.3 Å². The monoisotopic (exact) mass is 563 g/mol. The Kier molecular flexibility index (Phi) is 8.16. The van der Waals surface area contributed by atoms with E-state index in [1.165, 1.54) is 0 Å². The molecule has 1 saturated heterocycles. The zero-order valence-electron chi connectivity index (χ0n) is 21.1. The molecule has 40 heavy (non-hydrogen) atoms. The van der Waals surface area contributed by atoms with Crippen molar-refractivity contribution in [3.63, 3.8) is 0 Å². The van der Waals surface area contributed by atoms with Crippen molar-refractivity contribution in [3.8, 4) is 0 Å². The summed E-state index contributed by atoms with van der Waals surface area (Å²) in [6.45, 7) is 1.76. The highest BCUT2D eigenvalue weighted by Crippen LogP contribution is 2.28. The summed E-state index contributed by atoms with van der Waals surface area (Å²) in [6, 6.07) is 2.45. The molecule has 3 atom stereocenters. The molecule has 2 aromatic rings. The predicted molar refractivity (Wildman–Crippen MR) is 131 cm³/mol. The number of amides is 4. The SMILES string of the molecule is C[C@@H]1C[C@@H](C[C@H](NC(=O)c2cc(F)ccc2NC(=O)c2ccnc(C(F)(F)F)c2)C(=O)C(=O)NC2CC2)C(=O)N1. The van der Waals surface area contributed by atoms with E-state index in [9.17, 15) is 41.5 Å². The number of Topliss-reactive ketones (excluding diaryl/α,β-unsaturated/α-hetero) is 1. The number of alkyl halides is 3. The number of nitrogens with one attached hydrogen (secondary N) is 4. The van der Waals surface area contributed by atoms with Crippen molar-refractivity contribution in [1.29, 1.82) is 0 Å². The van der Waals surface area contributed by atoms with Crippen molar-refractivity contribution in [2.45, 2.75) is 56.9 Å². The maximum absolute atomic E-state index is 14.1. The minimum Gasteiger partial charge on any atom is -0.353 e. The van der Waals surface area contributed by atoms with Crippen molar-refractivity contribution >= 4 is 35.1 Å². The summed E-state index contributed by atoms with van der Waals surface area (Å²) >= 11 is 0. The molecule has 4 N–H and O–H groups in total. The quantitative estimate of drug-likeness (QED) is 0.272. The minimum atomic E-state index is -4.81. The van der Waals surface area contributed by atoms with Gasteiger partial charge >= 0.3 is 6.18 Å². The van der Waals surface area contributed by atoms with Crippen LogP contribution in [0.25, 0.3) is 0 Å². The van der Waals surface area contributed by atoms with Crippen LogP contribution in [0.4, 0.5) is 23.2 Å². The molecule has 0 radical (unpaired) electrons. The average molecular weight is 564 g/mol. The smallest absolute Gasteiger partial charge is 0.353 e. The van der Waals surface area contributed by atoms with Crippen molar-refractivity contribution in [2.75, 3.05) is 5.32 Å². The van der Waals surface area contributed by atoms with Gasteiger partial charge in [-0.05, 0) is 62.9 Å². The van der Waals surface area contributed by atoms with Gasteiger partial charge in [-0.1, -0.05) is 0 Å². The van der Waals surface area contributed by atoms with Gasteiger partial charge in [0.15, 0.2) is 0 Å². The Morgan fingerprint density at radius 3 is 2.45 bits per heavy atom. The third-order valence-electron chi connectivity index (χ3n) is 6.46. The van der Waals surface area contributed by atoms with Gasteiger partial charge in [-0.3, -0.25) is 29.0 Å². The van der Waals surface area contributed by atoms with Crippen LogP contribution < -0.4 is 21.3 Å². The van der Waals surface area contributed by atoms with Crippen LogP contribution in [0.2, 0.25) is 0 Å². The van der Waals surface area contributed by atoms with E-state index >= 15 is 0 Å². The predicted octanol–water partition coefficient (Wildman–Crippen LogP) is 2.35. The normalized spacial score (nSPS) is 19.4. The zero-order valence-corrected chi connectivity index (χ0v) is 21.1. The Hall–Kier alpha value is -4.36. The molecule has 1 aliphatic heterocycles. The number of hydrogen-bond acceptors (Lipinski definition) is 6. The lowest BCUT2D eigenvalue weighted by molar-refractivity contribution is -0.141. The summed E-state index contributed by atoms with van der Waals surface area (Å²) in [5.41, 5.74) is -2.46. The maximum atomic E-state index is 14.1. The number of pyridine rings is 1. The van der Waals surface area contributed by atoms with E-state index in [4.69, 9.17) is 0 Å². The average Bonchev–Trinajstić information content (AvgIpc) is 3.65. The van der Waals surface area contributed by atoms with E-state index in [-0.39, 0.29) is 30.1 Å². The molecule has 1 aromatic carbocycles. The molecular weight excluding hydrogens is 538 g/mol. The second-order valence-corrected chi connectivity index (χ2v) is 9.79. The molecule has 0 bridgehead atoms. The fourth-order valence-corrected chi connectivity index (χ4v) is 4.29. The molecule has 1 saturated carbocycles. The van der Waals surface area contributed by atoms with Crippen LogP contribution in [-0.4, -0.2) is 52.5 Å². The summed E-state index contributed by atoms with van der Waals surface area (Å²) < 4.78 is 53.2. The number of carbonyl (C=O) groups is 5. The van der Waals surface area contributed by atoms with E-state index in [0.717, 1.165) is 30.5 Å². The second kappa shape index (κ2) is 11.4. The van der Waals surface area contributed by atoms with Crippen molar-refractivity contribution < 1.29 is 41.5 Å². The summed E-state index contributed by atoms with van der Waals surface area (Å²) in [4.78, 5) is 66.9. The van der Waals surface area contributed by atoms with E-state index in [1.807, 2.05) is 0 Å². The number of anilines is 1. The van der Waals surface area contributed by atoms with Crippen LogP contribution in [0.3, 0.4) is 0 Å². The van der Waals surface area contributed by atoms with Crippen molar-refractivity contribution in [1.82, 2.24) is 20.9 Å². The van der Waals surface area contributed by atoms with E-state index in [1.54, 1.807) is 6.92 Å². The number of nitrogens with zero attached hydrogens (tertiary/aromatic N) is 1. The van der Waals surface area contributed by atoms with Gasteiger partial charge in [0.05, 0.1) is 17.3 Å². The summed E-state index contributed by atoms with van der Waals surface area (Å²) in [5.74, 6) is -5.94. The van der Waals surface area contributed by atoms with Crippen LogP contribution >= 0.6 is 0 Å². The highest BCUT2D eigenvalue weighted by molar-refractivity contribution is 6.38. The first-order valence-corrected chi connectivity index (χ1v) is 12.4. The van der Waals surface area contributed by atoms with Gasteiger partial charge in [0, 0.05) is 29.8 Å². The molecule has 0 unspecified atom stereocenters. The lowest BCUT2D eigenvalue weighted by atomic mass is 9.93. The molecule has 2 fully saturated rings. The number of carbonyl (C=O) groups excluding carboxylic acids is 5. The van der Waals surface area contributed by atoms with Gasteiger partial charge < -0.3 is 21.3 Å². The molecule has 2 heterocycles. The lowest BCUT2D eigenvalue weighted by Gasteiger charge is -2.21. The molecule has 1 aliphatic carbocycles. The van der Waals surface area contributed by atoms with Crippen LogP contribution in [0.5, 0.6) is 0 Å². The number of ketones is 1. The fourth-order valence-electron chi connectivity index (χ4n) is 4.29. The van der Waals surface area contributed by atoms with E-state index in [2.05, 4.69) is 26.3 Å². The molecule has 10 nitrogen and oxygen atoms in total. The molecule has 2 aliphatic rings. The first-order valence-electron chi connectivity index (χ1n) is 12.4. The number of halogens is 4. The first-order chi connectivity index (χ1) is 18.8. The standard InChI is InChI=1S/C26H25F4N5O5/c1-12-8-14(23(38)32-12)9-19(21(36)25(40)33-16-3-4-16)35-24(39)17-11-15(27)2-5-18(17)34-22(37)13-6-7-31-20(10-13)26(28,29)30/h2,5-7,10-12,14,16,19H,3-4,8-9H2,1H3,(H,32,38)(H,33,40)(H,34,37)(H,35,39)/t12-,14+,19+/m1/s1. The van der Waals surface area contributed by atoms with Gasteiger partial charge in [-0.25, -0.2) is 4.39 Å². The molecule has 0 spiro atoms. The zero-order chi connectivity index (χ0) is 29.2. The highest BCUT2D eigenvalue weighted by atomic mass is 19.4. The third-order valence-corrected chi connectivity index (χ3v) is 6.46. The molecule has 4 rings (SSSR count). The largest absolute Gasteiger partial charge is 0.433 e. The Bertz CT molecular complexity index is 1360. The van der Waals surface area contributed by atoms with Gasteiger partial charge in [0.1, 0.15) is 11.5 Å². The molecular formula is C26H25F4N5O5. The number of hydrogen-bond donors (Lipinski definition) is 4. The Labute approximate surface area is 225 Å². The molecule has 1 aromatic heterocycles. The van der Waals surface area contributed by atoms with Crippen molar-refractivity contribution in [3.05, 3.63) is 59.2 Å². The Morgan fingerprint density at radius 1 is 1.10 bits per heavy atom. The van der Waals surface area contributed by atoms with Crippen LogP contribution in [0.1, 0.15) is 59.0 Å². The Balaban J connectivity index is 1.56. The number of benzene rings is 1. The first kappa shape index (κ1) is 28.6. The van der Waals surface area contributed by atoms with Gasteiger partial charge in [-0.2, -0.15) is 13.2 Å². The van der Waals surface area contributed by atoms with Gasteiger partial charge in [-0.15, -0.1) is 0 Å². The summed E-state index contributed by atoms with van der Waals surface area (Å²) in [7, 11) is 0. The topological polar surface area (TPSA) is 146 Å². The fraction of sp³-hybridized carbons (Fsp3) is 0.385. The second-order valence-electron chi connectivity index (χ2n) is 9.79. The van der Waals surface area contributed by atoms with Gasteiger partial charge in [0.2, 0.25) is 11.7 Å². The van der Waals surface area contributed by atoms with Gasteiger partial charge in [0.25, 0.3) is 17.7 Å². The molecule has 212 valence electrons. The molecule has 14 heteroatoms. The molecule has 4 amide bonds. The third kappa shape index (κ3) is 6.98. The Morgan fingerprint density at radius 2 is 1.82 bits per heavy atom.